The SMILES string of the molecule is CCC1CCC(CNc2cccc(NC)n2)CC1. The van der Waals surface area contributed by atoms with Gasteiger partial charge < -0.3 is 10.6 Å². The van der Waals surface area contributed by atoms with Crippen molar-refractivity contribution in [1.82, 2.24) is 4.98 Å². The molecule has 3 heteroatoms. The topological polar surface area (TPSA) is 37.0 Å². The lowest BCUT2D eigenvalue weighted by molar-refractivity contribution is 0.278. The van der Waals surface area contributed by atoms with Crippen molar-refractivity contribution in [2.24, 2.45) is 11.8 Å². The summed E-state index contributed by atoms with van der Waals surface area (Å²) in [5.41, 5.74) is 0. The summed E-state index contributed by atoms with van der Waals surface area (Å²) in [6.45, 7) is 3.38. The highest BCUT2D eigenvalue weighted by atomic mass is 15.0. The van der Waals surface area contributed by atoms with Gasteiger partial charge in [0.25, 0.3) is 0 Å². The van der Waals surface area contributed by atoms with Crippen LogP contribution in [0.25, 0.3) is 0 Å². The molecule has 0 spiro atoms. The molecule has 0 radical (unpaired) electrons. The largest absolute Gasteiger partial charge is 0.373 e. The van der Waals surface area contributed by atoms with Crippen LogP contribution in [0.4, 0.5) is 11.6 Å². The Bertz CT molecular complexity index is 357. The van der Waals surface area contributed by atoms with Crippen LogP contribution in [0.5, 0.6) is 0 Å². The second-order valence-corrected chi connectivity index (χ2v) is 5.33. The monoisotopic (exact) mass is 247 g/mol. The molecular formula is C15H25N3. The number of pyridine rings is 1. The van der Waals surface area contributed by atoms with Gasteiger partial charge in [0.2, 0.25) is 0 Å². The fraction of sp³-hybridized carbons (Fsp3) is 0.667. The van der Waals surface area contributed by atoms with E-state index in [4.69, 9.17) is 0 Å². The van der Waals surface area contributed by atoms with Gasteiger partial charge >= 0.3 is 0 Å². The summed E-state index contributed by atoms with van der Waals surface area (Å²) in [6, 6.07) is 6.06. The van der Waals surface area contributed by atoms with E-state index in [9.17, 15) is 0 Å². The number of nitrogens with one attached hydrogen (secondary N) is 2. The molecule has 3 nitrogen and oxygen atoms in total. The van der Waals surface area contributed by atoms with E-state index >= 15 is 0 Å². The zero-order valence-electron chi connectivity index (χ0n) is 11.6. The molecule has 0 saturated heterocycles. The van der Waals surface area contributed by atoms with Crippen LogP contribution in [0, 0.1) is 11.8 Å². The smallest absolute Gasteiger partial charge is 0.128 e. The molecule has 100 valence electrons. The average Bonchev–Trinajstić information content (AvgIpc) is 2.46. The van der Waals surface area contributed by atoms with E-state index in [1.807, 2.05) is 25.2 Å². The molecule has 1 aromatic rings. The van der Waals surface area contributed by atoms with E-state index in [2.05, 4.69) is 22.5 Å². The van der Waals surface area contributed by atoms with Gasteiger partial charge in [-0.1, -0.05) is 32.3 Å². The van der Waals surface area contributed by atoms with E-state index in [0.717, 1.165) is 30.0 Å². The Kier molecular flexibility index (Phi) is 4.85. The molecule has 0 unspecified atom stereocenters. The molecular weight excluding hydrogens is 222 g/mol. The first kappa shape index (κ1) is 13.2. The average molecular weight is 247 g/mol. The minimum Gasteiger partial charge on any atom is -0.373 e. The molecule has 0 bridgehead atoms. The van der Waals surface area contributed by atoms with Crippen molar-refractivity contribution in [2.75, 3.05) is 24.2 Å². The third-order valence-electron chi connectivity index (χ3n) is 4.12. The highest BCUT2D eigenvalue weighted by molar-refractivity contribution is 5.44. The summed E-state index contributed by atoms with van der Waals surface area (Å²) in [5, 5.41) is 6.54. The molecule has 0 amide bonds. The summed E-state index contributed by atoms with van der Waals surface area (Å²) in [5.74, 6) is 3.72. The van der Waals surface area contributed by atoms with Gasteiger partial charge in [-0.15, -0.1) is 0 Å². The normalized spacial score (nSPS) is 23.7. The van der Waals surface area contributed by atoms with Gasteiger partial charge in [0.15, 0.2) is 0 Å². The number of nitrogens with zero attached hydrogens (tertiary/aromatic N) is 1. The van der Waals surface area contributed by atoms with Crippen LogP contribution in [-0.2, 0) is 0 Å². The Hall–Kier alpha value is -1.25. The minimum atomic E-state index is 0.827. The summed E-state index contributed by atoms with van der Waals surface area (Å²) >= 11 is 0. The Morgan fingerprint density at radius 3 is 2.44 bits per heavy atom. The molecule has 1 aliphatic rings. The second-order valence-electron chi connectivity index (χ2n) is 5.33. The maximum atomic E-state index is 4.48. The molecule has 1 aliphatic carbocycles. The van der Waals surface area contributed by atoms with Crippen molar-refractivity contribution in [3.8, 4) is 0 Å². The van der Waals surface area contributed by atoms with E-state index in [1.165, 1.54) is 32.1 Å². The number of hydrogen-bond acceptors (Lipinski definition) is 3. The van der Waals surface area contributed by atoms with Gasteiger partial charge in [-0.25, -0.2) is 4.98 Å². The third-order valence-corrected chi connectivity index (χ3v) is 4.12. The predicted molar refractivity (Wildman–Crippen MR) is 78.0 cm³/mol. The van der Waals surface area contributed by atoms with E-state index in [-0.39, 0.29) is 0 Å². The van der Waals surface area contributed by atoms with Crippen LogP contribution in [0.2, 0.25) is 0 Å². The molecule has 1 aromatic heterocycles. The lowest BCUT2D eigenvalue weighted by Crippen LogP contribution is -2.21. The lowest BCUT2D eigenvalue weighted by atomic mass is 9.81. The standard InChI is InChI=1S/C15H25N3/c1-3-12-7-9-13(10-8-12)11-17-15-6-4-5-14(16-2)18-15/h4-6,12-13H,3,7-11H2,1-2H3,(H2,16,17,18). The zero-order chi connectivity index (χ0) is 12.8. The summed E-state index contributed by atoms with van der Waals surface area (Å²) in [6.07, 6.45) is 6.92. The van der Waals surface area contributed by atoms with Crippen LogP contribution in [0.3, 0.4) is 0 Å². The molecule has 1 heterocycles. The van der Waals surface area contributed by atoms with Crippen LogP contribution in [-0.4, -0.2) is 18.6 Å². The zero-order valence-corrected chi connectivity index (χ0v) is 11.6. The van der Waals surface area contributed by atoms with Crippen molar-refractivity contribution in [3.63, 3.8) is 0 Å². The molecule has 1 saturated carbocycles. The van der Waals surface area contributed by atoms with Gasteiger partial charge in [-0.2, -0.15) is 0 Å². The van der Waals surface area contributed by atoms with Crippen molar-refractivity contribution in [3.05, 3.63) is 18.2 Å². The van der Waals surface area contributed by atoms with Crippen LogP contribution in [0.15, 0.2) is 18.2 Å². The van der Waals surface area contributed by atoms with Gasteiger partial charge in [0.05, 0.1) is 0 Å². The van der Waals surface area contributed by atoms with Gasteiger partial charge in [-0.05, 0) is 36.8 Å². The number of hydrogen-bond donors (Lipinski definition) is 2. The van der Waals surface area contributed by atoms with Gasteiger partial charge in [0.1, 0.15) is 11.6 Å². The first-order chi connectivity index (χ1) is 8.81. The van der Waals surface area contributed by atoms with Crippen molar-refractivity contribution < 1.29 is 0 Å². The molecule has 2 rings (SSSR count). The molecule has 0 aromatic carbocycles. The molecule has 0 atom stereocenters. The quantitative estimate of drug-likeness (QED) is 0.832. The highest BCUT2D eigenvalue weighted by Crippen LogP contribution is 2.30. The van der Waals surface area contributed by atoms with Crippen LogP contribution < -0.4 is 10.6 Å². The van der Waals surface area contributed by atoms with Crippen LogP contribution in [0.1, 0.15) is 39.0 Å². The summed E-state index contributed by atoms with van der Waals surface area (Å²) < 4.78 is 0. The first-order valence-corrected chi connectivity index (χ1v) is 7.20. The summed E-state index contributed by atoms with van der Waals surface area (Å²) in [7, 11) is 1.90. The Morgan fingerprint density at radius 2 is 1.78 bits per heavy atom. The highest BCUT2D eigenvalue weighted by Gasteiger charge is 2.19. The third kappa shape index (κ3) is 3.62. The summed E-state index contributed by atoms with van der Waals surface area (Å²) in [4.78, 5) is 4.48. The lowest BCUT2D eigenvalue weighted by Gasteiger charge is -2.28. The second kappa shape index (κ2) is 6.62. The Balaban J connectivity index is 1.77. The molecule has 0 aliphatic heterocycles. The maximum Gasteiger partial charge on any atom is 0.128 e. The number of rotatable bonds is 5. The fourth-order valence-electron chi connectivity index (χ4n) is 2.77. The number of anilines is 2. The minimum absolute atomic E-state index is 0.827. The molecule has 2 N–H and O–H groups in total. The Morgan fingerprint density at radius 1 is 1.11 bits per heavy atom. The fourth-order valence-corrected chi connectivity index (χ4v) is 2.77. The van der Waals surface area contributed by atoms with Crippen molar-refractivity contribution >= 4 is 11.6 Å². The predicted octanol–water partition coefficient (Wildman–Crippen LogP) is 3.75. The maximum absolute atomic E-state index is 4.48. The number of aromatic nitrogens is 1. The van der Waals surface area contributed by atoms with Gasteiger partial charge in [0, 0.05) is 13.6 Å². The van der Waals surface area contributed by atoms with Crippen molar-refractivity contribution in [1.29, 1.82) is 0 Å². The van der Waals surface area contributed by atoms with Crippen molar-refractivity contribution in [2.45, 2.75) is 39.0 Å². The van der Waals surface area contributed by atoms with Crippen LogP contribution >= 0.6 is 0 Å². The first-order valence-electron chi connectivity index (χ1n) is 7.20. The molecule has 18 heavy (non-hydrogen) atoms. The Labute approximate surface area is 110 Å². The molecule has 1 fully saturated rings. The van der Waals surface area contributed by atoms with E-state index < -0.39 is 0 Å². The van der Waals surface area contributed by atoms with E-state index in [0.29, 0.717) is 0 Å². The van der Waals surface area contributed by atoms with Gasteiger partial charge in [-0.3, -0.25) is 0 Å². The van der Waals surface area contributed by atoms with E-state index in [1.54, 1.807) is 0 Å².